The van der Waals surface area contributed by atoms with Crippen LogP contribution in [-0.4, -0.2) is 12.1 Å². The minimum atomic E-state index is -0.130. The highest BCUT2D eigenvalue weighted by molar-refractivity contribution is 6.10. The highest BCUT2D eigenvalue weighted by atomic mass is 16.3. The Morgan fingerprint density at radius 2 is 2.06 bits per heavy atom. The number of furan rings is 1. The van der Waals surface area contributed by atoms with Crippen molar-refractivity contribution in [3.63, 3.8) is 0 Å². The Balaban J connectivity index is 2.39. The molecule has 1 heterocycles. The first-order valence-corrected chi connectivity index (χ1v) is 4.86. The molecule has 0 unspecified atom stereocenters. The zero-order valence-corrected chi connectivity index (χ0v) is 8.77. The third-order valence-electron chi connectivity index (χ3n) is 2.39. The maximum Gasteiger partial charge on any atom is 0.196 e. The summed E-state index contributed by atoms with van der Waals surface area (Å²) < 4.78 is 4.91. The second kappa shape index (κ2) is 4.14. The van der Waals surface area contributed by atoms with Crippen LogP contribution in [0.15, 0.2) is 41.0 Å². The van der Waals surface area contributed by atoms with Crippen molar-refractivity contribution in [3.05, 3.63) is 59.0 Å². The van der Waals surface area contributed by atoms with Crippen LogP contribution in [0.1, 0.15) is 32.0 Å². The van der Waals surface area contributed by atoms with Crippen LogP contribution in [0.3, 0.4) is 0 Å². The zero-order chi connectivity index (χ0) is 11.5. The Kier molecular flexibility index (Phi) is 2.68. The lowest BCUT2D eigenvalue weighted by molar-refractivity contribution is 0.103. The van der Waals surface area contributed by atoms with E-state index >= 15 is 0 Å². The first-order chi connectivity index (χ1) is 7.72. The SMILES string of the molecule is Cc1ccccc1C(=O)c1coc(C=O)c1. The number of carbonyl (C=O) groups is 2. The Bertz CT molecular complexity index is 538. The van der Waals surface area contributed by atoms with E-state index in [1.807, 2.05) is 19.1 Å². The van der Waals surface area contributed by atoms with Gasteiger partial charge < -0.3 is 4.42 Å². The summed E-state index contributed by atoms with van der Waals surface area (Å²) >= 11 is 0. The maximum atomic E-state index is 12.0. The van der Waals surface area contributed by atoms with E-state index in [9.17, 15) is 9.59 Å². The van der Waals surface area contributed by atoms with Crippen LogP contribution in [0.4, 0.5) is 0 Å². The van der Waals surface area contributed by atoms with E-state index in [0.717, 1.165) is 5.56 Å². The van der Waals surface area contributed by atoms with E-state index in [2.05, 4.69) is 0 Å². The average Bonchev–Trinajstić information content (AvgIpc) is 2.77. The fourth-order valence-corrected chi connectivity index (χ4v) is 1.52. The van der Waals surface area contributed by atoms with Crippen LogP contribution >= 0.6 is 0 Å². The van der Waals surface area contributed by atoms with Crippen LogP contribution in [0.25, 0.3) is 0 Å². The molecule has 0 amide bonds. The minimum Gasteiger partial charge on any atom is -0.461 e. The third kappa shape index (κ3) is 1.80. The molecule has 2 aromatic rings. The second-order valence-corrected chi connectivity index (χ2v) is 3.50. The van der Waals surface area contributed by atoms with E-state index in [-0.39, 0.29) is 11.5 Å². The van der Waals surface area contributed by atoms with Gasteiger partial charge in [0.1, 0.15) is 6.26 Å². The summed E-state index contributed by atoms with van der Waals surface area (Å²) in [5.41, 5.74) is 1.93. The van der Waals surface area contributed by atoms with Gasteiger partial charge in [0, 0.05) is 5.56 Å². The predicted octanol–water partition coefficient (Wildman–Crippen LogP) is 2.63. The third-order valence-corrected chi connectivity index (χ3v) is 2.39. The molecule has 1 aromatic heterocycles. The molecular formula is C13H10O3. The van der Waals surface area contributed by atoms with E-state index in [1.54, 1.807) is 12.1 Å². The van der Waals surface area contributed by atoms with Gasteiger partial charge in [0.05, 0.1) is 5.56 Å². The summed E-state index contributed by atoms with van der Waals surface area (Å²) in [5, 5.41) is 0. The van der Waals surface area contributed by atoms with Gasteiger partial charge in [-0.2, -0.15) is 0 Å². The molecule has 80 valence electrons. The first-order valence-electron chi connectivity index (χ1n) is 4.86. The summed E-state index contributed by atoms with van der Waals surface area (Å²) in [6.07, 6.45) is 1.88. The molecule has 0 aliphatic carbocycles. The molecule has 0 spiro atoms. The molecule has 1 aromatic carbocycles. The van der Waals surface area contributed by atoms with Gasteiger partial charge in [0.2, 0.25) is 0 Å². The molecule has 0 fully saturated rings. The predicted molar refractivity (Wildman–Crippen MR) is 58.7 cm³/mol. The van der Waals surface area contributed by atoms with Crippen molar-refractivity contribution in [2.75, 3.05) is 0 Å². The lowest BCUT2D eigenvalue weighted by Crippen LogP contribution is -2.01. The van der Waals surface area contributed by atoms with Crippen molar-refractivity contribution in [1.29, 1.82) is 0 Å². The summed E-state index contributed by atoms with van der Waals surface area (Å²) in [6.45, 7) is 1.87. The fraction of sp³-hybridized carbons (Fsp3) is 0.0769. The van der Waals surface area contributed by atoms with Crippen molar-refractivity contribution >= 4 is 12.1 Å². The van der Waals surface area contributed by atoms with E-state index in [0.29, 0.717) is 17.4 Å². The van der Waals surface area contributed by atoms with Crippen LogP contribution < -0.4 is 0 Å². The lowest BCUT2D eigenvalue weighted by atomic mass is 10.0. The maximum absolute atomic E-state index is 12.0. The molecule has 0 saturated carbocycles. The van der Waals surface area contributed by atoms with Crippen molar-refractivity contribution < 1.29 is 14.0 Å². The summed E-state index contributed by atoms with van der Waals surface area (Å²) in [5.74, 6) is 0.0342. The smallest absolute Gasteiger partial charge is 0.196 e. The summed E-state index contributed by atoms with van der Waals surface area (Å²) in [7, 11) is 0. The number of hydrogen-bond donors (Lipinski definition) is 0. The van der Waals surface area contributed by atoms with Crippen molar-refractivity contribution in [3.8, 4) is 0 Å². The number of aldehydes is 1. The van der Waals surface area contributed by atoms with E-state index in [4.69, 9.17) is 4.42 Å². The van der Waals surface area contributed by atoms with Crippen molar-refractivity contribution in [2.45, 2.75) is 6.92 Å². The van der Waals surface area contributed by atoms with Crippen molar-refractivity contribution in [1.82, 2.24) is 0 Å². The van der Waals surface area contributed by atoms with Gasteiger partial charge in [-0.25, -0.2) is 0 Å². The normalized spacial score (nSPS) is 10.1. The number of carbonyl (C=O) groups excluding carboxylic acids is 2. The number of hydrogen-bond acceptors (Lipinski definition) is 3. The molecule has 0 N–H and O–H groups in total. The van der Waals surface area contributed by atoms with Gasteiger partial charge in [-0.1, -0.05) is 24.3 Å². The second-order valence-electron chi connectivity index (χ2n) is 3.50. The van der Waals surface area contributed by atoms with Gasteiger partial charge in [-0.3, -0.25) is 9.59 Å². The highest BCUT2D eigenvalue weighted by Gasteiger charge is 2.13. The molecule has 0 atom stereocenters. The molecule has 3 heteroatoms. The molecule has 0 bridgehead atoms. The monoisotopic (exact) mass is 214 g/mol. The quantitative estimate of drug-likeness (QED) is 0.582. The van der Waals surface area contributed by atoms with Gasteiger partial charge in [0.15, 0.2) is 17.8 Å². The summed E-state index contributed by atoms with van der Waals surface area (Å²) in [4.78, 5) is 22.5. The number of ketones is 1. The minimum absolute atomic E-state index is 0.130. The van der Waals surface area contributed by atoms with Gasteiger partial charge in [-0.15, -0.1) is 0 Å². The Morgan fingerprint density at radius 3 is 2.69 bits per heavy atom. The van der Waals surface area contributed by atoms with Gasteiger partial charge in [-0.05, 0) is 18.6 Å². The topological polar surface area (TPSA) is 47.3 Å². The molecular weight excluding hydrogens is 204 g/mol. The molecule has 0 aliphatic heterocycles. The molecule has 3 nitrogen and oxygen atoms in total. The fourth-order valence-electron chi connectivity index (χ4n) is 1.52. The molecule has 0 radical (unpaired) electrons. The zero-order valence-electron chi connectivity index (χ0n) is 8.77. The summed E-state index contributed by atoms with van der Waals surface area (Å²) in [6, 6.07) is 8.75. The van der Waals surface area contributed by atoms with Gasteiger partial charge >= 0.3 is 0 Å². The van der Waals surface area contributed by atoms with Crippen LogP contribution in [-0.2, 0) is 0 Å². The standard InChI is InChI=1S/C13H10O3/c1-9-4-2-3-5-12(9)13(15)10-6-11(7-14)16-8-10/h2-8H,1H3. The Morgan fingerprint density at radius 1 is 1.31 bits per heavy atom. The highest BCUT2D eigenvalue weighted by Crippen LogP contribution is 2.15. The van der Waals surface area contributed by atoms with Crippen LogP contribution in [0.2, 0.25) is 0 Å². The van der Waals surface area contributed by atoms with Crippen molar-refractivity contribution in [2.24, 2.45) is 0 Å². The van der Waals surface area contributed by atoms with E-state index < -0.39 is 0 Å². The Labute approximate surface area is 92.7 Å². The lowest BCUT2D eigenvalue weighted by Gasteiger charge is -2.01. The van der Waals surface area contributed by atoms with E-state index in [1.165, 1.54) is 12.3 Å². The molecule has 2 rings (SSSR count). The average molecular weight is 214 g/mol. The molecule has 16 heavy (non-hydrogen) atoms. The number of benzene rings is 1. The number of aryl methyl sites for hydroxylation is 1. The Hall–Kier alpha value is -2.16. The van der Waals surface area contributed by atoms with Crippen LogP contribution in [0.5, 0.6) is 0 Å². The molecule has 0 aliphatic rings. The number of rotatable bonds is 3. The largest absolute Gasteiger partial charge is 0.461 e. The molecule has 0 saturated heterocycles. The first kappa shape index (κ1) is 10.4. The van der Waals surface area contributed by atoms with Gasteiger partial charge in [0.25, 0.3) is 0 Å². The van der Waals surface area contributed by atoms with Crippen LogP contribution in [0, 0.1) is 6.92 Å².